The fourth-order valence-corrected chi connectivity index (χ4v) is 1.24. The molecule has 0 heterocycles. The van der Waals surface area contributed by atoms with Crippen molar-refractivity contribution >= 4 is 11.9 Å². The van der Waals surface area contributed by atoms with Crippen LogP contribution in [-0.2, 0) is 9.59 Å². The normalized spacial score (nSPS) is 8.94. The zero-order chi connectivity index (χ0) is 14.4. The zero-order valence-electron chi connectivity index (χ0n) is 11.3. The molecule has 0 aliphatic carbocycles. The van der Waals surface area contributed by atoms with Crippen LogP contribution in [-0.4, -0.2) is 17.0 Å². The van der Waals surface area contributed by atoms with Crippen LogP contribution in [0.5, 0.6) is 0 Å². The minimum Gasteiger partial charge on any atom is -0.478 e. The van der Waals surface area contributed by atoms with Crippen LogP contribution in [0.3, 0.4) is 0 Å². The average Bonchev–Trinajstić information content (AvgIpc) is 2.33. The lowest BCUT2D eigenvalue weighted by Gasteiger charge is -2.01. The molecule has 0 aromatic rings. The lowest BCUT2D eigenvalue weighted by atomic mass is 10.1. The Morgan fingerprint density at radius 2 is 1.61 bits per heavy atom. The van der Waals surface area contributed by atoms with Gasteiger partial charge in [0, 0.05) is 11.6 Å². The first kappa shape index (κ1) is 18.8. The van der Waals surface area contributed by atoms with Gasteiger partial charge in [-0.2, -0.15) is 0 Å². The first-order valence-electron chi connectivity index (χ1n) is 6.28. The lowest BCUT2D eigenvalue weighted by molar-refractivity contribution is -0.131. The van der Waals surface area contributed by atoms with Crippen molar-refractivity contribution in [3.63, 3.8) is 0 Å². The molecule has 0 aliphatic rings. The summed E-state index contributed by atoms with van der Waals surface area (Å²) in [7, 11) is 0. The summed E-state index contributed by atoms with van der Waals surface area (Å²) in [6.07, 6.45) is 8.99. The number of hydrogen-bond donors (Lipinski definition) is 2. The first-order chi connectivity index (χ1) is 8.45. The van der Waals surface area contributed by atoms with Gasteiger partial charge < -0.3 is 10.8 Å². The summed E-state index contributed by atoms with van der Waals surface area (Å²) in [5.41, 5.74) is 5.63. The van der Waals surface area contributed by atoms with Gasteiger partial charge in [-0.3, -0.25) is 4.79 Å². The molecule has 0 rings (SSSR count). The highest BCUT2D eigenvalue weighted by Gasteiger charge is 1.99. The molecule has 0 spiro atoms. The van der Waals surface area contributed by atoms with E-state index in [1.807, 2.05) is 0 Å². The number of carbonyl (C=O) groups is 2. The number of carbonyl (C=O) groups excluding carboxylic acids is 1. The topological polar surface area (TPSA) is 80.4 Å². The molecule has 0 atom stereocenters. The van der Waals surface area contributed by atoms with E-state index in [-0.39, 0.29) is 5.91 Å². The molecule has 0 fully saturated rings. The van der Waals surface area contributed by atoms with Crippen LogP contribution >= 0.6 is 0 Å². The van der Waals surface area contributed by atoms with Gasteiger partial charge in [-0.25, -0.2) is 4.79 Å². The molecule has 0 saturated carbocycles. The molecule has 0 unspecified atom stereocenters. The third kappa shape index (κ3) is 16.8. The number of hydrogen-bond acceptors (Lipinski definition) is 2. The predicted octanol–water partition coefficient (Wildman–Crippen LogP) is 3.04. The molecule has 0 radical (unpaired) electrons. The Hall–Kier alpha value is -1.58. The van der Waals surface area contributed by atoms with E-state index >= 15 is 0 Å². The largest absolute Gasteiger partial charge is 0.478 e. The summed E-state index contributed by atoms with van der Waals surface area (Å²) < 4.78 is 0. The Labute approximate surface area is 110 Å². The Morgan fingerprint density at radius 3 is 2.00 bits per heavy atom. The Balaban J connectivity index is 0. The molecule has 4 nitrogen and oxygen atoms in total. The number of unbranched alkanes of at least 4 members (excludes halogenated alkanes) is 5. The maximum Gasteiger partial charge on any atom is 0.327 e. The van der Waals surface area contributed by atoms with Crippen LogP contribution in [0.1, 0.15) is 51.9 Å². The summed E-state index contributed by atoms with van der Waals surface area (Å²) in [6.45, 7) is 8.78. The van der Waals surface area contributed by atoms with Crippen molar-refractivity contribution in [3.8, 4) is 0 Å². The van der Waals surface area contributed by atoms with Crippen LogP contribution in [0.25, 0.3) is 0 Å². The standard InChI is InChI=1S/C11H21NO.C3H4O2/c1-3-4-5-6-7-8-9-10(2)11(12)13;1-2-3(4)5/h2-9H2,1H3,(H2,12,13);2H,1H2,(H,4,5). The van der Waals surface area contributed by atoms with E-state index in [0.29, 0.717) is 5.57 Å². The average molecular weight is 255 g/mol. The van der Waals surface area contributed by atoms with Crippen LogP contribution in [0.2, 0.25) is 0 Å². The third-order valence-electron chi connectivity index (χ3n) is 2.36. The number of rotatable bonds is 9. The van der Waals surface area contributed by atoms with Gasteiger partial charge in [0.2, 0.25) is 5.91 Å². The smallest absolute Gasteiger partial charge is 0.327 e. The molecule has 18 heavy (non-hydrogen) atoms. The summed E-state index contributed by atoms with van der Waals surface area (Å²) in [5.74, 6) is -1.33. The molecule has 0 aromatic carbocycles. The highest BCUT2D eigenvalue weighted by Crippen LogP contribution is 2.09. The van der Waals surface area contributed by atoms with Crippen LogP contribution in [0.15, 0.2) is 24.8 Å². The first-order valence-corrected chi connectivity index (χ1v) is 6.28. The lowest BCUT2D eigenvalue weighted by Crippen LogP contribution is -2.12. The van der Waals surface area contributed by atoms with Crippen LogP contribution in [0.4, 0.5) is 0 Å². The van der Waals surface area contributed by atoms with Crippen molar-refractivity contribution < 1.29 is 14.7 Å². The van der Waals surface area contributed by atoms with Gasteiger partial charge in [-0.1, -0.05) is 52.2 Å². The molecule has 104 valence electrons. The predicted molar refractivity (Wildman–Crippen MR) is 74.2 cm³/mol. The van der Waals surface area contributed by atoms with Gasteiger partial charge in [0.25, 0.3) is 0 Å². The van der Waals surface area contributed by atoms with Gasteiger partial charge in [0.05, 0.1) is 0 Å². The van der Waals surface area contributed by atoms with Gasteiger partial charge in [0.1, 0.15) is 0 Å². The molecular formula is C14H25NO3. The number of aliphatic carboxylic acids is 1. The van der Waals surface area contributed by atoms with Crippen molar-refractivity contribution in [2.45, 2.75) is 51.9 Å². The quantitative estimate of drug-likeness (QED) is 0.491. The number of carboxylic acids is 1. The fourth-order valence-electron chi connectivity index (χ4n) is 1.24. The second-order valence-corrected chi connectivity index (χ2v) is 4.03. The Morgan fingerprint density at radius 1 is 1.17 bits per heavy atom. The minimum absolute atomic E-state index is 0.353. The van der Waals surface area contributed by atoms with Crippen molar-refractivity contribution in [1.29, 1.82) is 0 Å². The van der Waals surface area contributed by atoms with Crippen molar-refractivity contribution in [3.05, 3.63) is 24.8 Å². The van der Waals surface area contributed by atoms with E-state index in [9.17, 15) is 9.59 Å². The molecule has 1 amide bonds. The molecule has 4 heteroatoms. The van der Waals surface area contributed by atoms with Gasteiger partial charge in [0.15, 0.2) is 0 Å². The number of carboxylic acid groups (broad SMARTS) is 1. The van der Waals surface area contributed by atoms with Crippen molar-refractivity contribution in [2.24, 2.45) is 5.73 Å². The summed E-state index contributed by atoms with van der Waals surface area (Å²) in [6, 6.07) is 0. The van der Waals surface area contributed by atoms with E-state index in [1.165, 1.54) is 32.1 Å². The third-order valence-corrected chi connectivity index (χ3v) is 2.36. The van der Waals surface area contributed by atoms with Crippen molar-refractivity contribution in [1.82, 2.24) is 0 Å². The Bertz CT molecular complexity index is 272. The second kappa shape index (κ2) is 13.5. The molecular weight excluding hydrogens is 230 g/mol. The zero-order valence-corrected chi connectivity index (χ0v) is 11.3. The maximum atomic E-state index is 10.6. The van der Waals surface area contributed by atoms with Gasteiger partial charge in [-0.15, -0.1) is 0 Å². The number of amides is 1. The summed E-state index contributed by atoms with van der Waals surface area (Å²) in [5, 5.41) is 7.60. The summed E-state index contributed by atoms with van der Waals surface area (Å²) >= 11 is 0. The molecule has 0 bridgehead atoms. The monoisotopic (exact) mass is 255 g/mol. The second-order valence-electron chi connectivity index (χ2n) is 4.03. The van der Waals surface area contributed by atoms with E-state index in [2.05, 4.69) is 20.1 Å². The molecule has 0 saturated heterocycles. The van der Waals surface area contributed by atoms with Crippen molar-refractivity contribution in [2.75, 3.05) is 0 Å². The van der Waals surface area contributed by atoms with Gasteiger partial charge >= 0.3 is 5.97 Å². The van der Waals surface area contributed by atoms with E-state index < -0.39 is 5.97 Å². The van der Waals surface area contributed by atoms with E-state index in [4.69, 9.17) is 10.8 Å². The maximum absolute atomic E-state index is 10.6. The van der Waals surface area contributed by atoms with E-state index in [1.54, 1.807) is 0 Å². The number of primary amides is 1. The molecule has 0 aromatic heterocycles. The molecule has 0 aliphatic heterocycles. The van der Waals surface area contributed by atoms with Gasteiger partial charge in [-0.05, 0) is 12.8 Å². The van der Waals surface area contributed by atoms with Crippen LogP contribution in [0, 0.1) is 0 Å². The van der Waals surface area contributed by atoms with E-state index in [0.717, 1.165) is 18.9 Å². The highest BCUT2D eigenvalue weighted by atomic mass is 16.4. The minimum atomic E-state index is -0.981. The SMILES string of the molecule is C=C(CCCCCCCC)C(N)=O.C=CC(=O)O. The van der Waals surface area contributed by atoms with Crippen LogP contribution < -0.4 is 5.73 Å². The Kier molecular flexibility index (Phi) is 14.1. The number of nitrogens with two attached hydrogens (primary N) is 1. The molecule has 3 N–H and O–H groups in total. The highest BCUT2D eigenvalue weighted by molar-refractivity contribution is 5.91. The fraction of sp³-hybridized carbons (Fsp3) is 0.571. The summed E-state index contributed by atoms with van der Waals surface area (Å²) in [4.78, 5) is 19.8.